The zero-order valence-corrected chi connectivity index (χ0v) is 20.2. The molecule has 0 bridgehead atoms. The van der Waals surface area contributed by atoms with Crippen molar-refractivity contribution in [1.82, 2.24) is 0 Å². The lowest BCUT2D eigenvalue weighted by molar-refractivity contribution is 0.616. The van der Waals surface area contributed by atoms with Gasteiger partial charge in [-0.15, -0.1) is 11.3 Å². The Balaban J connectivity index is 1.58. The van der Waals surface area contributed by atoms with Crippen LogP contribution in [-0.2, 0) is 0 Å². The second-order valence-corrected chi connectivity index (χ2v) is 10.4. The van der Waals surface area contributed by atoms with Gasteiger partial charge in [0.25, 0.3) is 0 Å². The van der Waals surface area contributed by atoms with Crippen molar-refractivity contribution in [2.75, 3.05) is 0 Å². The van der Waals surface area contributed by atoms with Crippen LogP contribution < -0.4 is 0 Å². The normalized spacial score (nSPS) is 11.9. The van der Waals surface area contributed by atoms with Gasteiger partial charge in [-0.2, -0.15) is 0 Å². The highest BCUT2D eigenvalue weighted by Gasteiger charge is 2.19. The van der Waals surface area contributed by atoms with E-state index in [1.54, 1.807) is 6.26 Å². The van der Waals surface area contributed by atoms with Crippen LogP contribution >= 0.6 is 11.3 Å². The minimum absolute atomic E-state index is 0.936. The van der Waals surface area contributed by atoms with Crippen molar-refractivity contribution in [3.63, 3.8) is 0 Å². The van der Waals surface area contributed by atoms with Gasteiger partial charge in [-0.3, -0.25) is 0 Å². The van der Waals surface area contributed by atoms with Crippen LogP contribution in [0.1, 0.15) is 0 Å². The molecule has 0 aliphatic carbocycles. The van der Waals surface area contributed by atoms with Gasteiger partial charge in [0.15, 0.2) is 0 Å². The first-order valence-corrected chi connectivity index (χ1v) is 13.0. The minimum Gasteiger partial charge on any atom is -0.464 e. The van der Waals surface area contributed by atoms with Crippen LogP contribution in [0.2, 0.25) is 0 Å². The van der Waals surface area contributed by atoms with Crippen LogP contribution in [0.25, 0.3) is 74.9 Å². The lowest BCUT2D eigenvalue weighted by Gasteiger charge is -2.18. The van der Waals surface area contributed by atoms with Gasteiger partial charge in [0.1, 0.15) is 5.58 Å². The number of hydrogen-bond donors (Lipinski definition) is 0. The summed E-state index contributed by atoms with van der Waals surface area (Å²) in [5.74, 6) is 0. The highest BCUT2D eigenvalue weighted by Crippen LogP contribution is 2.48. The molecule has 0 amide bonds. The van der Waals surface area contributed by atoms with E-state index in [9.17, 15) is 0 Å². The van der Waals surface area contributed by atoms with E-state index < -0.39 is 0 Å². The maximum atomic E-state index is 5.80. The van der Waals surface area contributed by atoms with E-state index in [4.69, 9.17) is 4.42 Å². The van der Waals surface area contributed by atoms with Crippen LogP contribution in [0.3, 0.4) is 0 Å². The summed E-state index contributed by atoms with van der Waals surface area (Å²) in [5, 5.41) is 8.83. The summed E-state index contributed by atoms with van der Waals surface area (Å²) in [6.07, 6.45) is 1.78. The molecule has 0 saturated carbocycles. The third-order valence-electron chi connectivity index (χ3n) is 7.33. The van der Waals surface area contributed by atoms with Crippen molar-refractivity contribution in [2.24, 2.45) is 0 Å². The summed E-state index contributed by atoms with van der Waals surface area (Å²) < 4.78 is 8.39. The van der Waals surface area contributed by atoms with E-state index >= 15 is 0 Å². The number of rotatable bonds is 2. The lowest BCUT2D eigenvalue weighted by Crippen LogP contribution is -1.91. The van der Waals surface area contributed by atoms with E-state index in [0.29, 0.717) is 0 Å². The minimum atomic E-state index is 0.936. The Hall–Kier alpha value is -4.40. The molecule has 0 spiro atoms. The average molecular weight is 477 g/mol. The molecule has 0 saturated heterocycles. The average Bonchev–Trinajstić information content (AvgIpc) is 3.54. The van der Waals surface area contributed by atoms with Gasteiger partial charge in [0, 0.05) is 25.6 Å². The predicted molar refractivity (Wildman–Crippen MR) is 155 cm³/mol. The molecular formula is C34H20OS. The summed E-state index contributed by atoms with van der Waals surface area (Å²) in [4.78, 5) is 0. The Morgan fingerprint density at radius 1 is 0.500 bits per heavy atom. The van der Waals surface area contributed by atoms with E-state index in [1.807, 2.05) is 17.4 Å². The molecule has 0 atom stereocenters. The molecule has 0 N–H and O–H groups in total. The maximum Gasteiger partial charge on any atom is 0.134 e. The molecule has 2 heterocycles. The SMILES string of the molecule is c1ccc(-c2c3ccccc3c(-c3cccc4sc5cc6ccoc6cc5c34)c3ccccc23)cc1. The summed E-state index contributed by atoms with van der Waals surface area (Å²) in [6.45, 7) is 0. The predicted octanol–water partition coefficient (Wildman–Crippen LogP) is 10.4. The molecule has 0 unspecified atom stereocenters. The third-order valence-corrected chi connectivity index (χ3v) is 8.45. The van der Waals surface area contributed by atoms with Crippen molar-refractivity contribution >= 4 is 64.0 Å². The highest BCUT2D eigenvalue weighted by atomic mass is 32.1. The molecule has 36 heavy (non-hydrogen) atoms. The van der Waals surface area contributed by atoms with Gasteiger partial charge in [-0.25, -0.2) is 0 Å². The smallest absolute Gasteiger partial charge is 0.134 e. The first-order chi connectivity index (χ1) is 17.9. The summed E-state index contributed by atoms with van der Waals surface area (Å²) in [7, 11) is 0. The first-order valence-electron chi connectivity index (χ1n) is 12.2. The van der Waals surface area contributed by atoms with E-state index in [0.717, 1.165) is 11.0 Å². The fraction of sp³-hybridized carbons (Fsp3) is 0. The number of thiophene rings is 1. The van der Waals surface area contributed by atoms with Crippen molar-refractivity contribution in [2.45, 2.75) is 0 Å². The molecule has 1 nitrogen and oxygen atoms in total. The third kappa shape index (κ3) is 2.76. The van der Waals surface area contributed by atoms with E-state index in [1.165, 1.54) is 64.0 Å². The highest BCUT2D eigenvalue weighted by molar-refractivity contribution is 7.26. The molecule has 6 aromatic carbocycles. The molecule has 0 fully saturated rings. The number of hydrogen-bond acceptors (Lipinski definition) is 2. The van der Waals surface area contributed by atoms with Crippen molar-refractivity contribution in [3.05, 3.63) is 122 Å². The molecule has 168 valence electrons. The van der Waals surface area contributed by atoms with Gasteiger partial charge in [-0.05, 0) is 68.1 Å². The quantitative estimate of drug-likeness (QED) is 0.226. The monoisotopic (exact) mass is 476 g/mol. The molecular weight excluding hydrogens is 456 g/mol. The van der Waals surface area contributed by atoms with Crippen LogP contribution in [0.15, 0.2) is 126 Å². The standard InChI is InChI=1S/C34H20OS/c1-2-9-21(10-3-1)32-23-11-4-6-13-25(23)33(26-14-7-5-12-24(26)32)27-15-8-16-30-34(27)28-20-29-22(17-18-35-29)19-31(28)36-30/h1-20H. The molecule has 0 radical (unpaired) electrons. The van der Waals surface area contributed by atoms with E-state index in [-0.39, 0.29) is 0 Å². The molecule has 0 aliphatic rings. The molecule has 2 heteroatoms. The fourth-order valence-corrected chi connectivity index (χ4v) is 6.99. The van der Waals surface area contributed by atoms with Crippen LogP contribution in [0, 0.1) is 0 Å². The Bertz CT molecular complexity index is 2040. The van der Waals surface area contributed by atoms with Crippen LogP contribution in [0.5, 0.6) is 0 Å². The van der Waals surface area contributed by atoms with Gasteiger partial charge in [0.05, 0.1) is 6.26 Å². The van der Waals surface area contributed by atoms with Gasteiger partial charge < -0.3 is 4.42 Å². The molecule has 2 aromatic heterocycles. The maximum absolute atomic E-state index is 5.80. The Labute approximate surface area is 211 Å². The summed E-state index contributed by atoms with van der Waals surface area (Å²) >= 11 is 1.86. The number of furan rings is 1. The first kappa shape index (κ1) is 19.9. The van der Waals surface area contributed by atoms with Gasteiger partial charge in [-0.1, -0.05) is 91.0 Å². The van der Waals surface area contributed by atoms with Crippen molar-refractivity contribution in [3.8, 4) is 22.3 Å². The summed E-state index contributed by atoms with van der Waals surface area (Å²) in [6, 6.07) is 41.8. The second kappa shape index (κ2) is 7.55. The zero-order chi connectivity index (χ0) is 23.6. The Morgan fingerprint density at radius 3 is 1.89 bits per heavy atom. The second-order valence-electron chi connectivity index (χ2n) is 9.29. The van der Waals surface area contributed by atoms with Gasteiger partial charge in [0.2, 0.25) is 0 Å². The topological polar surface area (TPSA) is 13.1 Å². The number of benzene rings is 6. The molecule has 8 rings (SSSR count). The number of fused-ring (bicyclic) bond motifs is 6. The Morgan fingerprint density at radius 2 is 1.17 bits per heavy atom. The zero-order valence-electron chi connectivity index (χ0n) is 19.4. The van der Waals surface area contributed by atoms with Crippen molar-refractivity contribution < 1.29 is 4.42 Å². The fourth-order valence-electron chi connectivity index (χ4n) is 5.82. The molecule has 8 aromatic rings. The Kier molecular flexibility index (Phi) is 4.16. The van der Waals surface area contributed by atoms with E-state index in [2.05, 4.69) is 109 Å². The largest absolute Gasteiger partial charge is 0.464 e. The van der Waals surface area contributed by atoms with Crippen LogP contribution in [-0.4, -0.2) is 0 Å². The molecule has 0 aliphatic heterocycles. The van der Waals surface area contributed by atoms with Gasteiger partial charge >= 0.3 is 0 Å². The summed E-state index contributed by atoms with van der Waals surface area (Å²) in [5.41, 5.74) is 6.05. The van der Waals surface area contributed by atoms with Crippen LogP contribution in [0.4, 0.5) is 0 Å². The van der Waals surface area contributed by atoms with Crippen molar-refractivity contribution in [1.29, 1.82) is 0 Å². The lowest BCUT2D eigenvalue weighted by atomic mass is 9.85.